The Morgan fingerprint density at radius 1 is 1.40 bits per heavy atom. The lowest BCUT2D eigenvalue weighted by Gasteiger charge is -2.09. The fourth-order valence-corrected chi connectivity index (χ4v) is 1.41. The standard InChI is InChI=1S/C11H12N2O2/c1-15-10-4-2-3-8(5-10)11(14)9-6-12-13-7-9/h2-7,11,14H,1H3,(H,12,13). The van der Waals surface area contributed by atoms with Crippen molar-refractivity contribution in [3.05, 3.63) is 47.8 Å². The number of hydrogen-bond donors (Lipinski definition) is 2. The van der Waals surface area contributed by atoms with Gasteiger partial charge in [0.2, 0.25) is 0 Å². The fraction of sp³-hybridized carbons (Fsp3) is 0.182. The first-order valence-corrected chi connectivity index (χ1v) is 4.62. The average Bonchev–Trinajstić information content (AvgIpc) is 2.81. The zero-order chi connectivity index (χ0) is 10.7. The molecule has 2 rings (SSSR count). The van der Waals surface area contributed by atoms with Crippen LogP contribution in [0.4, 0.5) is 0 Å². The van der Waals surface area contributed by atoms with E-state index < -0.39 is 6.10 Å². The summed E-state index contributed by atoms with van der Waals surface area (Å²) in [7, 11) is 1.60. The Kier molecular flexibility index (Phi) is 2.69. The third-order valence-electron chi connectivity index (χ3n) is 2.24. The molecular formula is C11H12N2O2. The molecule has 78 valence electrons. The lowest BCUT2D eigenvalue weighted by atomic mass is 10.0. The third-order valence-corrected chi connectivity index (χ3v) is 2.24. The Hall–Kier alpha value is -1.81. The van der Waals surface area contributed by atoms with Crippen LogP contribution < -0.4 is 4.74 Å². The first kappa shape index (κ1) is 9.73. The highest BCUT2D eigenvalue weighted by Gasteiger charge is 2.11. The van der Waals surface area contributed by atoms with Gasteiger partial charge in [0.25, 0.3) is 0 Å². The van der Waals surface area contributed by atoms with E-state index in [0.717, 1.165) is 16.9 Å². The van der Waals surface area contributed by atoms with Crippen molar-refractivity contribution in [2.75, 3.05) is 7.11 Å². The van der Waals surface area contributed by atoms with E-state index in [1.807, 2.05) is 18.2 Å². The van der Waals surface area contributed by atoms with Crippen LogP contribution >= 0.6 is 0 Å². The molecule has 4 heteroatoms. The fourth-order valence-electron chi connectivity index (χ4n) is 1.41. The van der Waals surface area contributed by atoms with E-state index >= 15 is 0 Å². The molecule has 0 amide bonds. The minimum atomic E-state index is -0.668. The maximum absolute atomic E-state index is 9.99. The summed E-state index contributed by atoms with van der Waals surface area (Å²) >= 11 is 0. The van der Waals surface area contributed by atoms with Gasteiger partial charge in [0, 0.05) is 11.8 Å². The molecule has 0 aliphatic carbocycles. The van der Waals surface area contributed by atoms with Crippen molar-refractivity contribution in [2.24, 2.45) is 0 Å². The number of hydrogen-bond acceptors (Lipinski definition) is 3. The molecule has 0 saturated carbocycles. The highest BCUT2D eigenvalue weighted by molar-refractivity contribution is 5.33. The van der Waals surface area contributed by atoms with Crippen LogP contribution in [0.2, 0.25) is 0 Å². The molecule has 1 heterocycles. The minimum Gasteiger partial charge on any atom is -0.497 e. The molecule has 1 aromatic heterocycles. The molecule has 0 aliphatic heterocycles. The van der Waals surface area contributed by atoms with Crippen molar-refractivity contribution in [3.8, 4) is 5.75 Å². The van der Waals surface area contributed by atoms with E-state index in [-0.39, 0.29) is 0 Å². The second-order valence-corrected chi connectivity index (χ2v) is 3.21. The minimum absolute atomic E-state index is 0.668. The number of nitrogens with zero attached hydrogens (tertiary/aromatic N) is 1. The smallest absolute Gasteiger partial charge is 0.119 e. The molecule has 0 fully saturated rings. The SMILES string of the molecule is COc1cccc(C(O)c2cn[nH]c2)c1. The molecule has 4 nitrogen and oxygen atoms in total. The van der Waals surface area contributed by atoms with E-state index in [1.54, 1.807) is 25.6 Å². The number of aliphatic hydroxyl groups excluding tert-OH is 1. The van der Waals surface area contributed by atoms with E-state index in [4.69, 9.17) is 4.74 Å². The van der Waals surface area contributed by atoms with E-state index in [9.17, 15) is 5.11 Å². The number of nitrogens with one attached hydrogen (secondary N) is 1. The van der Waals surface area contributed by atoms with Crippen molar-refractivity contribution < 1.29 is 9.84 Å². The highest BCUT2D eigenvalue weighted by atomic mass is 16.5. The summed E-state index contributed by atoms with van der Waals surface area (Å²) in [5, 5.41) is 16.4. The van der Waals surface area contributed by atoms with E-state index in [1.165, 1.54) is 0 Å². The Bertz CT molecular complexity index is 426. The lowest BCUT2D eigenvalue weighted by Crippen LogP contribution is -1.98. The van der Waals surface area contributed by atoms with Crippen LogP contribution in [0.1, 0.15) is 17.2 Å². The maximum Gasteiger partial charge on any atom is 0.119 e. The van der Waals surface area contributed by atoms with E-state index in [2.05, 4.69) is 10.2 Å². The van der Waals surface area contributed by atoms with Gasteiger partial charge >= 0.3 is 0 Å². The van der Waals surface area contributed by atoms with Crippen molar-refractivity contribution in [3.63, 3.8) is 0 Å². The molecule has 2 N–H and O–H groups in total. The molecule has 0 aliphatic rings. The van der Waals surface area contributed by atoms with Crippen molar-refractivity contribution in [1.29, 1.82) is 0 Å². The van der Waals surface area contributed by atoms with Gasteiger partial charge in [-0.3, -0.25) is 5.10 Å². The molecule has 1 atom stereocenters. The van der Waals surface area contributed by atoms with Gasteiger partial charge in [0.05, 0.1) is 13.3 Å². The number of ether oxygens (including phenoxy) is 1. The van der Waals surface area contributed by atoms with Crippen LogP contribution in [0.25, 0.3) is 0 Å². The van der Waals surface area contributed by atoms with Gasteiger partial charge in [-0.2, -0.15) is 5.10 Å². The first-order valence-electron chi connectivity index (χ1n) is 4.62. The zero-order valence-corrected chi connectivity index (χ0v) is 8.34. The maximum atomic E-state index is 9.99. The first-order chi connectivity index (χ1) is 7.31. The number of methoxy groups -OCH3 is 1. The molecular weight excluding hydrogens is 192 g/mol. The molecule has 0 bridgehead atoms. The monoisotopic (exact) mass is 204 g/mol. The van der Waals surface area contributed by atoms with E-state index in [0.29, 0.717) is 0 Å². The van der Waals surface area contributed by atoms with Crippen LogP contribution in [0.5, 0.6) is 5.75 Å². The van der Waals surface area contributed by atoms with Gasteiger partial charge in [-0.05, 0) is 17.7 Å². The Morgan fingerprint density at radius 3 is 2.93 bits per heavy atom. The molecule has 1 unspecified atom stereocenters. The van der Waals surface area contributed by atoms with Crippen LogP contribution in [0, 0.1) is 0 Å². The van der Waals surface area contributed by atoms with Gasteiger partial charge in [-0.15, -0.1) is 0 Å². The summed E-state index contributed by atoms with van der Waals surface area (Å²) in [5.41, 5.74) is 1.53. The topological polar surface area (TPSA) is 58.1 Å². The van der Waals surface area contributed by atoms with Gasteiger partial charge in [-0.25, -0.2) is 0 Å². The molecule has 0 saturated heterocycles. The number of benzene rings is 1. The number of aromatic nitrogens is 2. The molecule has 0 spiro atoms. The normalized spacial score (nSPS) is 12.4. The average molecular weight is 204 g/mol. The van der Waals surface area contributed by atoms with Crippen LogP contribution in [-0.4, -0.2) is 22.4 Å². The van der Waals surface area contributed by atoms with Crippen molar-refractivity contribution >= 4 is 0 Å². The van der Waals surface area contributed by atoms with Gasteiger partial charge in [0.1, 0.15) is 11.9 Å². The largest absolute Gasteiger partial charge is 0.497 e. The molecule has 0 radical (unpaired) electrons. The number of H-pyrrole nitrogens is 1. The van der Waals surface area contributed by atoms with Gasteiger partial charge in [0.15, 0.2) is 0 Å². The third kappa shape index (κ3) is 1.99. The summed E-state index contributed by atoms with van der Waals surface area (Å²) in [4.78, 5) is 0. The van der Waals surface area contributed by atoms with Crippen LogP contribution in [0.3, 0.4) is 0 Å². The summed E-state index contributed by atoms with van der Waals surface area (Å²) < 4.78 is 5.09. The van der Waals surface area contributed by atoms with Crippen LogP contribution in [-0.2, 0) is 0 Å². The lowest BCUT2D eigenvalue weighted by molar-refractivity contribution is 0.220. The summed E-state index contributed by atoms with van der Waals surface area (Å²) in [5.74, 6) is 0.732. The predicted octanol–water partition coefficient (Wildman–Crippen LogP) is 1.50. The second kappa shape index (κ2) is 4.14. The highest BCUT2D eigenvalue weighted by Crippen LogP contribution is 2.23. The molecule has 2 aromatic rings. The molecule has 1 aromatic carbocycles. The molecule has 15 heavy (non-hydrogen) atoms. The van der Waals surface area contributed by atoms with Crippen molar-refractivity contribution in [2.45, 2.75) is 6.10 Å². The number of aromatic amines is 1. The Labute approximate surface area is 87.5 Å². The summed E-state index contributed by atoms with van der Waals surface area (Å²) in [6.07, 6.45) is 2.60. The number of aliphatic hydroxyl groups is 1. The van der Waals surface area contributed by atoms with Gasteiger partial charge < -0.3 is 9.84 Å². The van der Waals surface area contributed by atoms with Crippen LogP contribution in [0.15, 0.2) is 36.7 Å². The summed E-state index contributed by atoms with van der Waals surface area (Å²) in [6, 6.07) is 7.33. The Balaban J connectivity index is 2.29. The Morgan fingerprint density at radius 2 is 2.27 bits per heavy atom. The number of rotatable bonds is 3. The predicted molar refractivity (Wildman–Crippen MR) is 55.6 cm³/mol. The van der Waals surface area contributed by atoms with Gasteiger partial charge in [-0.1, -0.05) is 12.1 Å². The van der Waals surface area contributed by atoms with Crippen molar-refractivity contribution in [1.82, 2.24) is 10.2 Å². The second-order valence-electron chi connectivity index (χ2n) is 3.21. The summed E-state index contributed by atoms with van der Waals surface area (Å²) in [6.45, 7) is 0. The zero-order valence-electron chi connectivity index (χ0n) is 8.34. The quantitative estimate of drug-likeness (QED) is 0.796.